The molecule has 1 heterocycles. The number of ketones is 1. The zero-order valence-electron chi connectivity index (χ0n) is 19.5. The van der Waals surface area contributed by atoms with Gasteiger partial charge < -0.3 is 14.0 Å². The highest BCUT2D eigenvalue weighted by molar-refractivity contribution is 6.34. The first kappa shape index (κ1) is 24.3. The van der Waals surface area contributed by atoms with Gasteiger partial charge in [0.1, 0.15) is 12.1 Å². The Kier molecular flexibility index (Phi) is 7.33. The molecule has 1 aliphatic carbocycles. The van der Waals surface area contributed by atoms with Crippen LogP contribution < -0.4 is 0 Å². The molecule has 1 aromatic carbocycles. The van der Waals surface area contributed by atoms with Crippen molar-refractivity contribution < 1.29 is 23.9 Å². The van der Waals surface area contributed by atoms with E-state index in [4.69, 9.17) is 21.1 Å². The lowest BCUT2D eigenvalue weighted by Crippen LogP contribution is -2.26. The molecule has 1 fully saturated rings. The van der Waals surface area contributed by atoms with E-state index >= 15 is 0 Å². The van der Waals surface area contributed by atoms with Gasteiger partial charge >= 0.3 is 11.9 Å². The molecule has 0 aliphatic heterocycles. The van der Waals surface area contributed by atoms with Crippen molar-refractivity contribution in [1.29, 1.82) is 0 Å². The van der Waals surface area contributed by atoms with Gasteiger partial charge in [0.25, 0.3) is 0 Å². The van der Waals surface area contributed by atoms with E-state index < -0.39 is 17.5 Å². The van der Waals surface area contributed by atoms with Gasteiger partial charge in [-0.3, -0.25) is 14.4 Å². The van der Waals surface area contributed by atoms with Crippen LogP contribution in [-0.4, -0.2) is 35.0 Å². The van der Waals surface area contributed by atoms with Crippen LogP contribution in [0.15, 0.2) is 18.3 Å². The molecule has 1 aromatic heterocycles. The van der Waals surface area contributed by atoms with Gasteiger partial charge in [-0.25, -0.2) is 0 Å². The molecule has 2 aromatic rings. The SMILES string of the molecule is COC(=O)C(CC1CCCC1)c1cn(CC(=O)OC(C)(C)C)c2cc(C(C)=O)c(Cl)cc12. The van der Waals surface area contributed by atoms with E-state index in [9.17, 15) is 14.4 Å². The summed E-state index contributed by atoms with van der Waals surface area (Å²) in [7, 11) is 1.39. The fourth-order valence-corrected chi connectivity index (χ4v) is 4.90. The lowest BCUT2D eigenvalue weighted by molar-refractivity contribution is -0.155. The Morgan fingerprint density at radius 2 is 1.84 bits per heavy atom. The molecule has 174 valence electrons. The summed E-state index contributed by atoms with van der Waals surface area (Å²) >= 11 is 6.42. The molecule has 1 saturated carbocycles. The van der Waals surface area contributed by atoms with Crippen molar-refractivity contribution in [2.75, 3.05) is 7.11 Å². The second kappa shape index (κ2) is 9.65. The number of carbonyl (C=O) groups is 3. The summed E-state index contributed by atoms with van der Waals surface area (Å²) in [5, 5.41) is 1.07. The average Bonchev–Trinajstić information content (AvgIpc) is 3.31. The first-order valence-corrected chi connectivity index (χ1v) is 11.5. The third kappa shape index (κ3) is 5.52. The number of esters is 2. The number of ether oxygens (including phenoxy) is 2. The maximum Gasteiger partial charge on any atom is 0.326 e. The largest absolute Gasteiger partial charge is 0.469 e. The number of carbonyl (C=O) groups excluding carboxylic acids is 3. The Balaban J connectivity index is 2.11. The van der Waals surface area contributed by atoms with Gasteiger partial charge in [0, 0.05) is 22.7 Å². The van der Waals surface area contributed by atoms with Crippen molar-refractivity contribution in [1.82, 2.24) is 4.57 Å². The van der Waals surface area contributed by atoms with Crippen molar-refractivity contribution in [3.63, 3.8) is 0 Å². The first-order chi connectivity index (χ1) is 15.0. The van der Waals surface area contributed by atoms with E-state index in [1.165, 1.54) is 26.9 Å². The third-order valence-electron chi connectivity index (χ3n) is 6.00. The van der Waals surface area contributed by atoms with Crippen LogP contribution in [0.4, 0.5) is 0 Å². The van der Waals surface area contributed by atoms with Gasteiger partial charge in [-0.2, -0.15) is 0 Å². The Morgan fingerprint density at radius 1 is 1.19 bits per heavy atom. The van der Waals surface area contributed by atoms with Gasteiger partial charge in [-0.05, 0) is 57.7 Å². The molecule has 0 spiro atoms. The summed E-state index contributed by atoms with van der Waals surface area (Å²) in [6.07, 6.45) is 7.04. The maximum absolute atomic E-state index is 12.8. The molecule has 0 amide bonds. The molecule has 32 heavy (non-hydrogen) atoms. The van der Waals surface area contributed by atoms with E-state index in [-0.39, 0.29) is 18.3 Å². The monoisotopic (exact) mass is 461 g/mol. The van der Waals surface area contributed by atoms with Crippen LogP contribution in [0.3, 0.4) is 0 Å². The van der Waals surface area contributed by atoms with Crippen LogP contribution in [0, 0.1) is 5.92 Å². The molecule has 0 saturated heterocycles. The standard InChI is InChI=1S/C25H32ClNO5/c1-15(28)17-12-22-18(11-21(17)26)20(13-27(22)14-23(29)32-25(2,3)4)19(24(30)31-5)10-16-8-6-7-9-16/h11-13,16,19H,6-10,14H2,1-5H3. The summed E-state index contributed by atoms with van der Waals surface area (Å²) < 4.78 is 12.4. The number of methoxy groups -OCH3 is 1. The molecule has 6 nitrogen and oxygen atoms in total. The van der Waals surface area contributed by atoms with E-state index in [1.807, 2.05) is 27.0 Å². The fourth-order valence-electron chi connectivity index (χ4n) is 4.60. The summed E-state index contributed by atoms with van der Waals surface area (Å²) in [4.78, 5) is 37.5. The fraction of sp³-hybridized carbons (Fsp3) is 0.560. The molecular formula is C25H32ClNO5. The zero-order valence-corrected chi connectivity index (χ0v) is 20.3. The summed E-state index contributed by atoms with van der Waals surface area (Å²) in [6, 6.07) is 3.41. The van der Waals surface area contributed by atoms with Crippen molar-refractivity contribution in [3.05, 3.63) is 34.5 Å². The highest BCUT2D eigenvalue weighted by Crippen LogP contribution is 2.39. The van der Waals surface area contributed by atoms with Crippen LogP contribution in [-0.2, 0) is 25.6 Å². The van der Waals surface area contributed by atoms with Crippen LogP contribution in [0.2, 0.25) is 5.02 Å². The normalized spacial score (nSPS) is 15.7. The number of nitrogens with zero attached hydrogens (tertiary/aromatic N) is 1. The number of benzene rings is 1. The Bertz CT molecular complexity index is 1030. The second-order valence-electron chi connectivity index (χ2n) is 9.67. The zero-order chi connectivity index (χ0) is 23.6. The predicted molar refractivity (Wildman–Crippen MR) is 124 cm³/mol. The summed E-state index contributed by atoms with van der Waals surface area (Å²) in [5.74, 6) is -0.885. The molecule has 7 heteroatoms. The lowest BCUT2D eigenvalue weighted by atomic mass is 9.87. The van der Waals surface area contributed by atoms with Crippen LogP contribution in [0.5, 0.6) is 0 Å². The van der Waals surface area contributed by atoms with E-state index in [0.717, 1.165) is 23.8 Å². The second-order valence-corrected chi connectivity index (χ2v) is 10.1. The molecule has 0 radical (unpaired) electrons. The molecule has 0 bridgehead atoms. The first-order valence-electron chi connectivity index (χ1n) is 11.1. The molecule has 1 aliphatic rings. The number of halogens is 1. The van der Waals surface area contributed by atoms with Crippen LogP contribution in [0.25, 0.3) is 10.9 Å². The highest BCUT2D eigenvalue weighted by atomic mass is 35.5. The average molecular weight is 462 g/mol. The van der Waals surface area contributed by atoms with Crippen molar-refractivity contribution >= 4 is 40.2 Å². The smallest absolute Gasteiger partial charge is 0.326 e. The number of hydrogen-bond donors (Lipinski definition) is 0. The minimum absolute atomic E-state index is 0.0376. The molecule has 3 rings (SSSR count). The highest BCUT2D eigenvalue weighted by Gasteiger charge is 2.31. The number of rotatable bonds is 7. The number of hydrogen-bond acceptors (Lipinski definition) is 5. The van der Waals surface area contributed by atoms with Crippen LogP contribution >= 0.6 is 11.6 Å². The number of fused-ring (bicyclic) bond motifs is 1. The van der Waals surface area contributed by atoms with Crippen molar-refractivity contribution in [2.45, 2.75) is 77.9 Å². The minimum atomic E-state index is -0.617. The molecule has 0 N–H and O–H groups in total. The van der Waals surface area contributed by atoms with E-state index in [0.29, 0.717) is 28.4 Å². The predicted octanol–water partition coefficient (Wildman–Crippen LogP) is 5.68. The maximum atomic E-state index is 12.8. The van der Waals surface area contributed by atoms with E-state index in [1.54, 1.807) is 16.7 Å². The minimum Gasteiger partial charge on any atom is -0.469 e. The Hall–Kier alpha value is -2.34. The third-order valence-corrected chi connectivity index (χ3v) is 6.32. The van der Waals surface area contributed by atoms with Gasteiger partial charge in [-0.15, -0.1) is 0 Å². The summed E-state index contributed by atoms with van der Waals surface area (Å²) in [6.45, 7) is 6.85. The Morgan fingerprint density at radius 3 is 2.41 bits per heavy atom. The van der Waals surface area contributed by atoms with Crippen molar-refractivity contribution in [2.24, 2.45) is 5.92 Å². The Labute approximate surface area is 194 Å². The topological polar surface area (TPSA) is 74.6 Å². The lowest BCUT2D eigenvalue weighted by Gasteiger charge is -2.20. The van der Waals surface area contributed by atoms with E-state index in [2.05, 4.69) is 0 Å². The molecule has 1 unspecified atom stereocenters. The van der Waals surface area contributed by atoms with Crippen molar-refractivity contribution in [3.8, 4) is 0 Å². The summed E-state index contributed by atoms with van der Waals surface area (Å²) in [5.41, 5.74) is 1.19. The quantitative estimate of drug-likeness (QED) is 0.392. The van der Waals surface area contributed by atoms with Gasteiger partial charge in [-0.1, -0.05) is 37.3 Å². The van der Waals surface area contributed by atoms with Crippen LogP contribution in [0.1, 0.15) is 81.6 Å². The number of aromatic nitrogens is 1. The molecular weight excluding hydrogens is 430 g/mol. The number of Topliss-reactive ketones (excluding diaryl/α,β-unsaturated/α-hetero) is 1. The van der Waals surface area contributed by atoms with Gasteiger partial charge in [0.05, 0.1) is 18.1 Å². The molecule has 1 atom stereocenters. The van der Waals surface area contributed by atoms with Gasteiger partial charge in [0.15, 0.2) is 5.78 Å². The van der Waals surface area contributed by atoms with Gasteiger partial charge in [0.2, 0.25) is 0 Å².